The minimum Gasteiger partial charge on any atom is -0.294 e. The molecule has 1 heteroatoms. The first-order valence-electron chi connectivity index (χ1n) is 7.31. The van der Waals surface area contributed by atoms with Gasteiger partial charge in [-0.2, -0.15) is 0 Å². The van der Waals surface area contributed by atoms with Crippen molar-refractivity contribution in [2.45, 2.75) is 13.3 Å². The number of hydrogen-bond acceptors (Lipinski definition) is 1. The minimum absolute atomic E-state index is 0.0155. The molecule has 0 aliphatic heterocycles. The van der Waals surface area contributed by atoms with Gasteiger partial charge in [-0.25, -0.2) is 0 Å². The van der Waals surface area contributed by atoms with Gasteiger partial charge >= 0.3 is 0 Å². The number of ketones is 1. The molecule has 104 valence electrons. The van der Waals surface area contributed by atoms with Gasteiger partial charge in [-0.1, -0.05) is 79.7 Å². The predicted octanol–water partition coefficient (Wildman–Crippen LogP) is 4.90. The molecule has 0 heterocycles. The Kier molecular flexibility index (Phi) is 3.83. The van der Waals surface area contributed by atoms with Gasteiger partial charge in [0.15, 0.2) is 5.78 Å². The molecule has 0 aromatic heterocycles. The van der Waals surface area contributed by atoms with Crippen molar-refractivity contribution < 1.29 is 4.79 Å². The maximum Gasteiger partial charge on any atom is 0.165 e. The van der Waals surface area contributed by atoms with Crippen LogP contribution in [0, 0.1) is 5.92 Å². The molecule has 0 aliphatic carbocycles. The average molecular weight is 274 g/mol. The Hall–Kier alpha value is -2.41. The summed E-state index contributed by atoms with van der Waals surface area (Å²) in [5.74, 6) is 0.196. The number of carbonyl (C=O) groups is 1. The highest BCUT2D eigenvalue weighted by atomic mass is 16.1. The third kappa shape index (κ3) is 2.87. The van der Waals surface area contributed by atoms with Crippen LogP contribution in [0.4, 0.5) is 0 Å². The monoisotopic (exact) mass is 274 g/mol. The maximum absolute atomic E-state index is 12.5. The summed E-state index contributed by atoms with van der Waals surface area (Å²) in [6, 6.07) is 24.2. The zero-order chi connectivity index (χ0) is 14.7. The van der Waals surface area contributed by atoms with E-state index in [9.17, 15) is 4.79 Å². The van der Waals surface area contributed by atoms with Crippen LogP contribution in [0.25, 0.3) is 10.8 Å². The summed E-state index contributed by atoms with van der Waals surface area (Å²) < 4.78 is 0. The summed E-state index contributed by atoms with van der Waals surface area (Å²) in [5, 5.41) is 2.47. The molecule has 0 N–H and O–H groups in total. The lowest BCUT2D eigenvalue weighted by molar-refractivity contribution is 0.0929. The lowest BCUT2D eigenvalue weighted by Gasteiger charge is -2.12. The molecule has 0 radical (unpaired) electrons. The van der Waals surface area contributed by atoms with Crippen LogP contribution in [0.5, 0.6) is 0 Å². The molecule has 0 bridgehead atoms. The van der Waals surface area contributed by atoms with E-state index in [2.05, 4.69) is 36.4 Å². The third-order valence-corrected chi connectivity index (χ3v) is 3.91. The van der Waals surface area contributed by atoms with Gasteiger partial charge in [-0.15, -0.1) is 0 Å². The summed E-state index contributed by atoms with van der Waals surface area (Å²) in [7, 11) is 0. The minimum atomic E-state index is -0.0155. The van der Waals surface area contributed by atoms with Crippen LogP contribution < -0.4 is 0 Å². The maximum atomic E-state index is 12.5. The number of rotatable bonds is 4. The van der Waals surface area contributed by atoms with Crippen LogP contribution in [0.15, 0.2) is 72.8 Å². The Morgan fingerprint density at radius 2 is 1.52 bits per heavy atom. The molecule has 0 saturated carbocycles. The van der Waals surface area contributed by atoms with E-state index in [0.29, 0.717) is 0 Å². The fourth-order valence-electron chi connectivity index (χ4n) is 2.78. The molecule has 1 unspecified atom stereocenters. The molecule has 3 rings (SSSR count). The van der Waals surface area contributed by atoms with E-state index in [4.69, 9.17) is 0 Å². The van der Waals surface area contributed by atoms with Gasteiger partial charge in [-0.3, -0.25) is 4.79 Å². The molecule has 0 fully saturated rings. The van der Waals surface area contributed by atoms with Crippen LogP contribution in [-0.4, -0.2) is 5.78 Å². The van der Waals surface area contributed by atoms with Crippen molar-refractivity contribution in [1.82, 2.24) is 0 Å². The van der Waals surface area contributed by atoms with Gasteiger partial charge < -0.3 is 0 Å². The quantitative estimate of drug-likeness (QED) is 0.618. The lowest BCUT2D eigenvalue weighted by atomic mass is 9.90. The molecule has 1 atom stereocenters. The van der Waals surface area contributed by atoms with Crippen molar-refractivity contribution in [2.75, 3.05) is 0 Å². The van der Waals surface area contributed by atoms with Crippen LogP contribution in [0.2, 0.25) is 0 Å². The van der Waals surface area contributed by atoms with Crippen molar-refractivity contribution >= 4 is 16.6 Å². The summed E-state index contributed by atoms with van der Waals surface area (Å²) in [6.07, 6.45) is 0.773. The molecule has 0 aliphatic rings. The van der Waals surface area contributed by atoms with Crippen LogP contribution in [-0.2, 0) is 6.42 Å². The van der Waals surface area contributed by atoms with E-state index in [1.54, 1.807) is 0 Å². The number of Topliss-reactive ketones (excluding diaryl/α,β-unsaturated/α-hetero) is 1. The van der Waals surface area contributed by atoms with E-state index < -0.39 is 0 Å². The standard InChI is InChI=1S/C20H18O/c1-15(20(21)17-9-3-2-4-10-17)14-18-12-7-11-16-8-5-6-13-19(16)18/h2-13,15H,14H2,1H3. The summed E-state index contributed by atoms with van der Waals surface area (Å²) in [6.45, 7) is 2.01. The Labute approximate surface area is 125 Å². The molecule has 0 spiro atoms. The van der Waals surface area contributed by atoms with Crippen molar-refractivity contribution in [2.24, 2.45) is 5.92 Å². The van der Waals surface area contributed by atoms with Gasteiger partial charge in [0.25, 0.3) is 0 Å². The zero-order valence-corrected chi connectivity index (χ0v) is 12.1. The average Bonchev–Trinajstić information content (AvgIpc) is 2.55. The van der Waals surface area contributed by atoms with Gasteiger partial charge in [-0.05, 0) is 22.8 Å². The summed E-state index contributed by atoms with van der Waals surface area (Å²) in [4.78, 5) is 12.5. The number of benzene rings is 3. The second-order valence-corrected chi connectivity index (χ2v) is 5.47. The number of carbonyl (C=O) groups excluding carboxylic acids is 1. The third-order valence-electron chi connectivity index (χ3n) is 3.91. The largest absolute Gasteiger partial charge is 0.294 e. The zero-order valence-electron chi connectivity index (χ0n) is 12.1. The van der Waals surface area contributed by atoms with Crippen LogP contribution >= 0.6 is 0 Å². The van der Waals surface area contributed by atoms with E-state index in [-0.39, 0.29) is 11.7 Å². The fraction of sp³-hybridized carbons (Fsp3) is 0.150. The van der Waals surface area contributed by atoms with Gasteiger partial charge in [0, 0.05) is 11.5 Å². The normalized spacial score (nSPS) is 12.2. The van der Waals surface area contributed by atoms with Gasteiger partial charge in [0.05, 0.1) is 0 Å². The van der Waals surface area contributed by atoms with Crippen LogP contribution in [0.3, 0.4) is 0 Å². The summed E-state index contributed by atoms with van der Waals surface area (Å²) >= 11 is 0. The first kappa shape index (κ1) is 13.6. The molecule has 3 aromatic carbocycles. The molecular weight excluding hydrogens is 256 g/mol. The first-order chi connectivity index (χ1) is 10.3. The predicted molar refractivity (Wildman–Crippen MR) is 87.6 cm³/mol. The Morgan fingerprint density at radius 1 is 0.857 bits per heavy atom. The van der Waals surface area contributed by atoms with Crippen molar-refractivity contribution in [3.8, 4) is 0 Å². The molecule has 1 nitrogen and oxygen atoms in total. The highest BCUT2D eigenvalue weighted by molar-refractivity contribution is 5.98. The Morgan fingerprint density at radius 3 is 2.33 bits per heavy atom. The molecular formula is C20H18O. The SMILES string of the molecule is CC(Cc1cccc2ccccc12)C(=O)c1ccccc1. The van der Waals surface area contributed by atoms with Crippen molar-refractivity contribution in [3.63, 3.8) is 0 Å². The highest BCUT2D eigenvalue weighted by Gasteiger charge is 2.16. The van der Waals surface area contributed by atoms with E-state index in [0.717, 1.165) is 12.0 Å². The lowest BCUT2D eigenvalue weighted by Crippen LogP contribution is -2.14. The van der Waals surface area contributed by atoms with Crippen molar-refractivity contribution in [1.29, 1.82) is 0 Å². The fourth-order valence-corrected chi connectivity index (χ4v) is 2.78. The Balaban J connectivity index is 1.87. The second kappa shape index (κ2) is 5.92. The van der Waals surface area contributed by atoms with Gasteiger partial charge in [0.2, 0.25) is 0 Å². The van der Waals surface area contributed by atoms with E-state index in [1.165, 1.54) is 16.3 Å². The molecule has 0 saturated heterocycles. The second-order valence-electron chi connectivity index (χ2n) is 5.47. The molecule has 3 aromatic rings. The number of fused-ring (bicyclic) bond motifs is 1. The summed E-state index contributed by atoms with van der Waals surface area (Å²) in [5.41, 5.74) is 2.04. The molecule has 0 amide bonds. The topological polar surface area (TPSA) is 17.1 Å². The highest BCUT2D eigenvalue weighted by Crippen LogP contribution is 2.22. The smallest absolute Gasteiger partial charge is 0.165 e. The first-order valence-corrected chi connectivity index (χ1v) is 7.31. The van der Waals surface area contributed by atoms with E-state index in [1.807, 2.05) is 43.3 Å². The van der Waals surface area contributed by atoms with Crippen LogP contribution in [0.1, 0.15) is 22.8 Å². The number of hydrogen-bond donors (Lipinski definition) is 0. The Bertz CT molecular complexity index is 754. The van der Waals surface area contributed by atoms with E-state index >= 15 is 0 Å². The van der Waals surface area contributed by atoms with Crippen molar-refractivity contribution in [3.05, 3.63) is 83.9 Å². The molecule has 21 heavy (non-hydrogen) atoms. The van der Waals surface area contributed by atoms with Gasteiger partial charge in [0.1, 0.15) is 0 Å².